The Labute approximate surface area is 161 Å². The van der Waals surface area contributed by atoms with Crippen LogP contribution in [0.5, 0.6) is 0 Å². The third-order valence-electron chi connectivity index (χ3n) is 4.94. The Kier molecular flexibility index (Phi) is 5.29. The molecular formula is C20H21FN4OS. The molecule has 0 spiro atoms. The summed E-state index contributed by atoms with van der Waals surface area (Å²) in [5.74, 6) is -0.0552. The lowest BCUT2D eigenvalue weighted by Crippen LogP contribution is -2.41. The number of amides is 1. The summed E-state index contributed by atoms with van der Waals surface area (Å²) < 4.78 is 14.2. The van der Waals surface area contributed by atoms with E-state index < -0.39 is 0 Å². The van der Waals surface area contributed by atoms with E-state index in [1.54, 1.807) is 18.5 Å². The number of piperidine rings is 1. The molecule has 4 rings (SSSR count). The van der Waals surface area contributed by atoms with Crippen LogP contribution in [-0.2, 0) is 11.2 Å². The predicted molar refractivity (Wildman–Crippen MR) is 105 cm³/mol. The standard InChI is InChI=1S/C20H21FN4OS/c21-16-1-2-17-18(13-16)27-20(24-17)25-11-6-15(7-12-25)19(26)23-10-5-14-3-8-22-9-4-14/h1-4,8-9,13,15H,5-7,10-12H2,(H,23,26). The van der Waals surface area contributed by atoms with Crippen LogP contribution in [0, 0.1) is 11.7 Å². The number of carbonyl (C=O) groups excluding carboxylic acids is 1. The highest BCUT2D eigenvalue weighted by Crippen LogP contribution is 2.31. The van der Waals surface area contributed by atoms with E-state index in [1.807, 2.05) is 12.1 Å². The third kappa shape index (κ3) is 4.24. The molecule has 0 unspecified atom stereocenters. The molecule has 27 heavy (non-hydrogen) atoms. The second-order valence-electron chi connectivity index (χ2n) is 6.77. The summed E-state index contributed by atoms with van der Waals surface area (Å²) >= 11 is 1.51. The summed E-state index contributed by atoms with van der Waals surface area (Å²) in [5, 5.41) is 3.96. The zero-order valence-electron chi connectivity index (χ0n) is 14.9. The molecule has 0 radical (unpaired) electrons. The van der Waals surface area contributed by atoms with Crippen LogP contribution in [0.1, 0.15) is 18.4 Å². The van der Waals surface area contributed by atoms with E-state index in [0.717, 1.165) is 47.7 Å². The van der Waals surface area contributed by atoms with Gasteiger partial charge in [0, 0.05) is 37.9 Å². The average Bonchev–Trinajstić information content (AvgIpc) is 3.12. The topological polar surface area (TPSA) is 58.1 Å². The van der Waals surface area contributed by atoms with Gasteiger partial charge in [0.05, 0.1) is 10.2 Å². The van der Waals surface area contributed by atoms with Gasteiger partial charge in [-0.25, -0.2) is 9.37 Å². The fraction of sp³-hybridized carbons (Fsp3) is 0.350. The third-order valence-corrected chi connectivity index (χ3v) is 6.02. The van der Waals surface area contributed by atoms with Crippen molar-refractivity contribution in [2.75, 3.05) is 24.5 Å². The van der Waals surface area contributed by atoms with Crippen LogP contribution < -0.4 is 10.2 Å². The van der Waals surface area contributed by atoms with Gasteiger partial charge in [0.1, 0.15) is 5.82 Å². The van der Waals surface area contributed by atoms with E-state index in [0.29, 0.717) is 6.54 Å². The maximum Gasteiger partial charge on any atom is 0.223 e. The van der Waals surface area contributed by atoms with E-state index in [1.165, 1.54) is 29.0 Å². The van der Waals surface area contributed by atoms with Crippen molar-refractivity contribution in [1.82, 2.24) is 15.3 Å². The molecule has 3 aromatic rings. The molecule has 1 aromatic carbocycles. The Morgan fingerprint density at radius 3 is 2.78 bits per heavy atom. The zero-order chi connectivity index (χ0) is 18.6. The quantitative estimate of drug-likeness (QED) is 0.732. The van der Waals surface area contributed by atoms with Crippen LogP contribution in [0.15, 0.2) is 42.7 Å². The molecule has 140 valence electrons. The van der Waals surface area contributed by atoms with Crippen LogP contribution in [0.25, 0.3) is 10.2 Å². The first-order valence-corrected chi connectivity index (χ1v) is 9.98. The molecule has 0 saturated carbocycles. The fourth-order valence-electron chi connectivity index (χ4n) is 3.38. The molecule has 1 aliphatic heterocycles. The minimum Gasteiger partial charge on any atom is -0.356 e. The van der Waals surface area contributed by atoms with E-state index in [2.05, 4.69) is 20.2 Å². The molecule has 1 fully saturated rings. The number of anilines is 1. The summed E-state index contributed by atoms with van der Waals surface area (Å²) in [6.45, 7) is 2.24. The molecule has 1 saturated heterocycles. The van der Waals surface area contributed by atoms with Gasteiger partial charge in [-0.1, -0.05) is 11.3 Å². The lowest BCUT2D eigenvalue weighted by Gasteiger charge is -2.31. The zero-order valence-corrected chi connectivity index (χ0v) is 15.7. The van der Waals surface area contributed by atoms with Gasteiger partial charge >= 0.3 is 0 Å². The summed E-state index contributed by atoms with van der Waals surface area (Å²) in [6, 6.07) is 8.62. The number of carbonyl (C=O) groups is 1. The van der Waals surface area contributed by atoms with Crippen LogP contribution in [-0.4, -0.2) is 35.5 Å². The Hall–Kier alpha value is -2.54. The van der Waals surface area contributed by atoms with Gasteiger partial charge in [0.15, 0.2) is 5.13 Å². The van der Waals surface area contributed by atoms with Crippen molar-refractivity contribution in [3.63, 3.8) is 0 Å². The number of fused-ring (bicyclic) bond motifs is 1. The molecule has 0 bridgehead atoms. The first-order chi connectivity index (χ1) is 13.2. The largest absolute Gasteiger partial charge is 0.356 e. The first kappa shape index (κ1) is 17.9. The molecule has 1 N–H and O–H groups in total. The Balaban J connectivity index is 1.28. The van der Waals surface area contributed by atoms with Crippen molar-refractivity contribution in [2.24, 2.45) is 5.92 Å². The van der Waals surface area contributed by atoms with E-state index in [9.17, 15) is 9.18 Å². The number of hydrogen-bond acceptors (Lipinski definition) is 5. The maximum absolute atomic E-state index is 13.4. The summed E-state index contributed by atoms with van der Waals surface area (Å²) in [6.07, 6.45) is 5.97. The van der Waals surface area contributed by atoms with Gasteiger partial charge in [0.25, 0.3) is 0 Å². The Bertz CT molecular complexity index is 922. The van der Waals surface area contributed by atoms with Crippen molar-refractivity contribution in [1.29, 1.82) is 0 Å². The molecule has 1 aliphatic rings. The summed E-state index contributed by atoms with van der Waals surface area (Å²) in [7, 11) is 0. The second-order valence-corrected chi connectivity index (χ2v) is 7.78. The SMILES string of the molecule is O=C(NCCc1ccncc1)C1CCN(c2nc3ccc(F)cc3s2)CC1. The van der Waals surface area contributed by atoms with Crippen molar-refractivity contribution in [3.8, 4) is 0 Å². The minimum atomic E-state index is -0.236. The number of halogens is 1. The normalized spacial score (nSPS) is 15.2. The summed E-state index contributed by atoms with van der Waals surface area (Å²) in [4.78, 5) is 23.2. The average molecular weight is 384 g/mol. The van der Waals surface area contributed by atoms with E-state index >= 15 is 0 Å². The molecule has 0 aliphatic carbocycles. The molecule has 2 aromatic heterocycles. The Morgan fingerprint density at radius 1 is 1.22 bits per heavy atom. The second kappa shape index (κ2) is 8.00. The van der Waals surface area contributed by atoms with Crippen molar-refractivity contribution >= 4 is 32.6 Å². The maximum atomic E-state index is 13.4. The van der Waals surface area contributed by atoms with Crippen LogP contribution in [0.2, 0.25) is 0 Å². The summed E-state index contributed by atoms with van der Waals surface area (Å²) in [5.41, 5.74) is 2.00. The highest BCUT2D eigenvalue weighted by molar-refractivity contribution is 7.22. The number of aromatic nitrogens is 2. The lowest BCUT2D eigenvalue weighted by atomic mass is 9.96. The smallest absolute Gasteiger partial charge is 0.223 e. The number of hydrogen-bond donors (Lipinski definition) is 1. The molecule has 0 atom stereocenters. The van der Waals surface area contributed by atoms with Gasteiger partial charge in [-0.15, -0.1) is 0 Å². The number of nitrogens with zero attached hydrogens (tertiary/aromatic N) is 3. The van der Waals surface area contributed by atoms with Gasteiger partial charge in [-0.2, -0.15) is 0 Å². The minimum absolute atomic E-state index is 0.0468. The number of thiazole rings is 1. The van der Waals surface area contributed by atoms with Crippen molar-refractivity contribution in [2.45, 2.75) is 19.3 Å². The van der Waals surface area contributed by atoms with Gasteiger partial charge in [-0.05, 0) is 55.2 Å². The van der Waals surface area contributed by atoms with Crippen LogP contribution in [0.4, 0.5) is 9.52 Å². The number of rotatable bonds is 5. The number of nitrogens with one attached hydrogen (secondary N) is 1. The van der Waals surface area contributed by atoms with E-state index in [-0.39, 0.29) is 17.6 Å². The highest BCUT2D eigenvalue weighted by atomic mass is 32.1. The van der Waals surface area contributed by atoms with Gasteiger partial charge in [0.2, 0.25) is 5.91 Å². The highest BCUT2D eigenvalue weighted by Gasteiger charge is 2.26. The molecule has 3 heterocycles. The van der Waals surface area contributed by atoms with E-state index in [4.69, 9.17) is 0 Å². The van der Waals surface area contributed by atoms with Crippen LogP contribution in [0.3, 0.4) is 0 Å². The fourth-order valence-corrected chi connectivity index (χ4v) is 4.42. The number of pyridine rings is 1. The number of benzene rings is 1. The molecule has 5 nitrogen and oxygen atoms in total. The molecule has 7 heteroatoms. The van der Waals surface area contributed by atoms with Crippen LogP contribution >= 0.6 is 11.3 Å². The first-order valence-electron chi connectivity index (χ1n) is 9.17. The van der Waals surface area contributed by atoms with Gasteiger partial charge in [-0.3, -0.25) is 9.78 Å². The van der Waals surface area contributed by atoms with Gasteiger partial charge < -0.3 is 10.2 Å². The lowest BCUT2D eigenvalue weighted by molar-refractivity contribution is -0.125. The molecule has 1 amide bonds. The Morgan fingerprint density at radius 2 is 2.00 bits per heavy atom. The molecular weight excluding hydrogens is 363 g/mol. The monoisotopic (exact) mass is 384 g/mol. The van der Waals surface area contributed by atoms with Crippen molar-refractivity contribution < 1.29 is 9.18 Å². The van der Waals surface area contributed by atoms with Crippen molar-refractivity contribution in [3.05, 3.63) is 54.1 Å². The predicted octanol–water partition coefficient (Wildman–Crippen LogP) is 3.41.